The zero-order chi connectivity index (χ0) is 21.3. The van der Waals surface area contributed by atoms with Crippen molar-refractivity contribution >= 4 is 0 Å². The average molecular weight is 399 g/mol. The van der Waals surface area contributed by atoms with E-state index < -0.39 is 0 Å². The van der Waals surface area contributed by atoms with Gasteiger partial charge in [0.1, 0.15) is 0 Å². The summed E-state index contributed by atoms with van der Waals surface area (Å²) in [4.78, 5) is 0. The van der Waals surface area contributed by atoms with Crippen LogP contribution in [0.2, 0.25) is 0 Å². The first-order valence-electron chi connectivity index (χ1n) is 11.8. The molecule has 3 aromatic carbocycles. The molecule has 0 saturated heterocycles. The Bertz CT molecular complexity index is 848. The third kappa shape index (κ3) is 5.85. The molecule has 0 nitrogen and oxygen atoms in total. The monoisotopic (exact) mass is 398 g/mol. The maximum absolute atomic E-state index is 2.40. The number of benzene rings is 3. The van der Waals surface area contributed by atoms with Crippen LogP contribution in [-0.4, -0.2) is 0 Å². The number of hydrogen-bond donors (Lipinski definition) is 0. The molecular formula is C30H38. The maximum Gasteiger partial charge on any atom is -0.0150 e. The Morgan fingerprint density at radius 1 is 0.467 bits per heavy atom. The van der Waals surface area contributed by atoms with Gasteiger partial charge in [-0.3, -0.25) is 0 Å². The minimum Gasteiger partial charge on any atom is -0.0648 e. The van der Waals surface area contributed by atoms with Crippen LogP contribution in [-0.2, 0) is 0 Å². The highest BCUT2D eigenvalue weighted by atomic mass is 14.3. The van der Waals surface area contributed by atoms with E-state index in [1.54, 1.807) is 0 Å². The Morgan fingerprint density at radius 2 is 0.933 bits per heavy atom. The highest BCUT2D eigenvalue weighted by Crippen LogP contribution is 2.38. The van der Waals surface area contributed by atoms with Crippen LogP contribution in [0.1, 0.15) is 99.3 Å². The molecule has 158 valence electrons. The minimum absolute atomic E-state index is 0.550. The van der Waals surface area contributed by atoms with Crippen LogP contribution < -0.4 is 0 Å². The van der Waals surface area contributed by atoms with Gasteiger partial charge in [-0.25, -0.2) is 0 Å². The van der Waals surface area contributed by atoms with Crippen molar-refractivity contribution in [2.24, 2.45) is 0 Å². The van der Waals surface area contributed by atoms with E-state index in [0.717, 1.165) is 0 Å². The van der Waals surface area contributed by atoms with Crippen LogP contribution in [0, 0.1) is 0 Å². The first-order chi connectivity index (χ1) is 14.6. The van der Waals surface area contributed by atoms with Gasteiger partial charge in [0.05, 0.1) is 0 Å². The van der Waals surface area contributed by atoms with Gasteiger partial charge in [0.2, 0.25) is 0 Å². The van der Waals surface area contributed by atoms with Crippen molar-refractivity contribution in [3.63, 3.8) is 0 Å². The lowest BCUT2D eigenvalue weighted by Gasteiger charge is -2.26. The summed E-state index contributed by atoms with van der Waals surface area (Å²) in [5, 5.41) is 0. The highest BCUT2D eigenvalue weighted by molar-refractivity contribution is 5.29. The lowest BCUT2D eigenvalue weighted by molar-refractivity contribution is 0.467. The Kier molecular flexibility index (Phi) is 8.31. The molecule has 0 radical (unpaired) electrons. The van der Waals surface area contributed by atoms with Gasteiger partial charge >= 0.3 is 0 Å². The van der Waals surface area contributed by atoms with E-state index in [2.05, 4.69) is 113 Å². The van der Waals surface area contributed by atoms with E-state index in [1.807, 2.05) is 0 Å². The van der Waals surface area contributed by atoms with Crippen LogP contribution in [0.3, 0.4) is 0 Å². The normalized spacial score (nSPS) is 15.3. The fourth-order valence-corrected chi connectivity index (χ4v) is 4.65. The van der Waals surface area contributed by atoms with Crippen molar-refractivity contribution in [3.05, 3.63) is 107 Å². The molecule has 0 fully saturated rings. The standard InChI is InChI=1S/C30H38/c1-5-23(3)26-17-19-27(20-18-26)24(4)21-30(29-15-11-8-12-16-29)22-25(6-2)28-13-9-7-10-14-28/h7-20,23-25,30H,5-6,21-22H2,1-4H3. The molecule has 0 saturated carbocycles. The molecule has 0 N–H and O–H groups in total. The van der Waals surface area contributed by atoms with Crippen LogP contribution >= 0.6 is 0 Å². The summed E-state index contributed by atoms with van der Waals surface area (Å²) >= 11 is 0. The minimum atomic E-state index is 0.550. The molecule has 0 aromatic heterocycles. The molecule has 30 heavy (non-hydrogen) atoms. The van der Waals surface area contributed by atoms with E-state index in [1.165, 1.54) is 47.9 Å². The van der Waals surface area contributed by atoms with Crippen molar-refractivity contribution in [1.29, 1.82) is 0 Å². The van der Waals surface area contributed by atoms with Gasteiger partial charge in [-0.15, -0.1) is 0 Å². The average Bonchev–Trinajstić information content (AvgIpc) is 2.82. The lowest BCUT2D eigenvalue weighted by Crippen LogP contribution is -2.10. The quantitative estimate of drug-likeness (QED) is 0.319. The van der Waals surface area contributed by atoms with Crippen molar-refractivity contribution in [2.75, 3.05) is 0 Å². The first kappa shape index (κ1) is 22.3. The molecule has 4 atom stereocenters. The number of hydrogen-bond acceptors (Lipinski definition) is 0. The second kappa shape index (κ2) is 11.2. The molecule has 0 aliphatic rings. The van der Waals surface area contributed by atoms with Crippen molar-refractivity contribution in [2.45, 2.75) is 77.0 Å². The van der Waals surface area contributed by atoms with Gasteiger partial charge in [-0.05, 0) is 71.6 Å². The van der Waals surface area contributed by atoms with E-state index in [4.69, 9.17) is 0 Å². The summed E-state index contributed by atoms with van der Waals surface area (Å²) in [6.07, 6.45) is 4.78. The summed E-state index contributed by atoms with van der Waals surface area (Å²) in [5.41, 5.74) is 5.89. The second-order valence-corrected chi connectivity index (χ2v) is 8.97. The van der Waals surface area contributed by atoms with Gasteiger partial charge < -0.3 is 0 Å². The molecule has 0 amide bonds. The molecule has 0 aliphatic carbocycles. The molecule has 4 unspecified atom stereocenters. The molecule has 0 bridgehead atoms. The fourth-order valence-electron chi connectivity index (χ4n) is 4.65. The Morgan fingerprint density at radius 3 is 1.40 bits per heavy atom. The van der Waals surface area contributed by atoms with Crippen LogP contribution in [0.15, 0.2) is 84.9 Å². The molecule has 0 heteroatoms. The van der Waals surface area contributed by atoms with Gasteiger partial charge in [0, 0.05) is 0 Å². The Balaban J connectivity index is 1.79. The zero-order valence-electron chi connectivity index (χ0n) is 19.2. The summed E-state index contributed by atoms with van der Waals surface area (Å²) in [6, 6.07) is 31.6. The van der Waals surface area contributed by atoms with E-state index in [-0.39, 0.29) is 0 Å². The third-order valence-corrected chi connectivity index (χ3v) is 6.93. The summed E-state index contributed by atoms with van der Waals surface area (Å²) in [6.45, 7) is 9.31. The molecule has 3 aromatic rings. The van der Waals surface area contributed by atoms with Crippen molar-refractivity contribution in [3.8, 4) is 0 Å². The van der Waals surface area contributed by atoms with E-state index in [0.29, 0.717) is 23.7 Å². The fraction of sp³-hybridized carbons (Fsp3) is 0.400. The van der Waals surface area contributed by atoms with Crippen LogP contribution in [0.5, 0.6) is 0 Å². The van der Waals surface area contributed by atoms with Gasteiger partial charge in [-0.1, -0.05) is 113 Å². The summed E-state index contributed by atoms with van der Waals surface area (Å²) < 4.78 is 0. The van der Waals surface area contributed by atoms with E-state index >= 15 is 0 Å². The summed E-state index contributed by atoms with van der Waals surface area (Å²) in [5.74, 6) is 2.37. The van der Waals surface area contributed by atoms with Gasteiger partial charge in [0.25, 0.3) is 0 Å². The molecule has 0 aliphatic heterocycles. The second-order valence-electron chi connectivity index (χ2n) is 8.97. The lowest BCUT2D eigenvalue weighted by atomic mass is 9.78. The zero-order valence-corrected chi connectivity index (χ0v) is 19.2. The summed E-state index contributed by atoms with van der Waals surface area (Å²) in [7, 11) is 0. The first-order valence-corrected chi connectivity index (χ1v) is 11.8. The Labute approximate surface area is 184 Å². The Hall–Kier alpha value is -2.34. The highest BCUT2D eigenvalue weighted by Gasteiger charge is 2.21. The van der Waals surface area contributed by atoms with Crippen LogP contribution in [0.4, 0.5) is 0 Å². The molecule has 0 spiro atoms. The third-order valence-electron chi connectivity index (χ3n) is 6.93. The predicted molar refractivity (Wildman–Crippen MR) is 131 cm³/mol. The smallest absolute Gasteiger partial charge is 0.0150 e. The SMILES string of the molecule is CCC(C)c1ccc(C(C)CC(CC(CC)c2ccccc2)c2ccccc2)cc1. The molecular weight excluding hydrogens is 360 g/mol. The number of rotatable bonds is 10. The van der Waals surface area contributed by atoms with Gasteiger partial charge in [0.15, 0.2) is 0 Å². The van der Waals surface area contributed by atoms with E-state index in [9.17, 15) is 0 Å². The molecule has 3 rings (SSSR count). The molecule has 0 heterocycles. The maximum atomic E-state index is 2.40. The van der Waals surface area contributed by atoms with Gasteiger partial charge in [-0.2, -0.15) is 0 Å². The largest absolute Gasteiger partial charge is 0.0648 e. The van der Waals surface area contributed by atoms with Crippen LogP contribution in [0.25, 0.3) is 0 Å². The van der Waals surface area contributed by atoms with Crippen molar-refractivity contribution in [1.82, 2.24) is 0 Å². The predicted octanol–water partition coefficient (Wildman–Crippen LogP) is 9.06. The van der Waals surface area contributed by atoms with Crippen molar-refractivity contribution < 1.29 is 0 Å². The topological polar surface area (TPSA) is 0 Å².